The minimum Gasteiger partial charge on any atom is -0.477 e. The third-order valence-electron chi connectivity index (χ3n) is 9.27. The molecule has 6 heterocycles. The summed E-state index contributed by atoms with van der Waals surface area (Å²) in [5, 5.41) is 30.4. The summed E-state index contributed by atoms with van der Waals surface area (Å²) in [6.45, 7) is 9.50. The highest BCUT2D eigenvalue weighted by Gasteiger charge is 2.60. The van der Waals surface area contributed by atoms with Gasteiger partial charge in [0.2, 0.25) is 17.7 Å². The van der Waals surface area contributed by atoms with Crippen LogP contribution in [0.4, 0.5) is 0 Å². The van der Waals surface area contributed by atoms with E-state index in [1.165, 1.54) is 27.7 Å². The average molecular weight is 603 g/mol. The maximum absolute atomic E-state index is 13.3. The van der Waals surface area contributed by atoms with E-state index in [1.54, 1.807) is 6.92 Å². The van der Waals surface area contributed by atoms with Gasteiger partial charge in [-0.1, -0.05) is 6.92 Å². The summed E-state index contributed by atoms with van der Waals surface area (Å²) in [6.07, 6.45) is 3.09. The number of nitrogens with one attached hydrogen (secondary N) is 3. The van der Waals surface area contributed by atoms with Crippen molar-refractivity contribution in [3.05, 3.63) is 16.9 Å². The first kappa shape index (κ1) is 29.0. The summed E-state index contributed by atoms with van der Waals surface area (Å²) in [6, 6.07) is -0.584. The standard InChI is InChI=1S/C26H38N10O5S/c1-14-21-20(15(2)30-19(37)12-35-13-29-31-32-35)25(39)36(21)22(26(40)41)23(14)42-17-9-18(28-11-17)24(38)34-7-5-33(6-8-34)16-3-4-27-10-16/h13-18,20-21,27-28H,3-12H2,1-2H3,(H,30,37)(H,40,41)/t14-,15-,16?,17+,18+,20-,21-/m1/s1. The molecule has 0 saturated carbocycles. The van der Waals surface area contributed by atoms with E-state index in [0.717, 1.165) is 45.7 Å². The molecular weight excluding hydrogens is 564 g/mol. The van der Waals surface area contributed by atoms with Crippen LogP contribution in [-0.2, 0) is 25.7 Å². The molecule has 7 atom stereocenters. The third-order valence-corrected chi connectivity index (χ3v) is 10.8. The van der Waals surface area contributed by atoms with Crippen LogP contribution in [0.2, 0.25) is 0 Å². The zero-order chi connectivity index (χ0) is 29.5. The van der Waals surface area contributed by atoms with E-state index in [9.17, 15) is 24.3 Å². The van der Waals surface area contributed by atoms with Crippen molar-refractivity contribution in [3.63, 3.8) is 0 Å². The predicted molar refractivity (Wildman–Crippen MR) is 151 cm³/mol. The van der Waals surface area contributed by atoms with Crippen LogP contribution in [0.3, 0.4) is 0 Å². The number of nitrogens with zero attached hydrogens (tertiary/aromatic N) is 7. The molecule has 16 heteroatoms. The van der Waals surface area contributed by atoms with Gasteiger partial charge in [0.15, 0.2) is 0 Å². The van der Waals surface area contributed by atoms with Gasteiger partial charge in [-0.2, -0.15) is 0 Å². The summed E-state index contributed by atoms with van der Waals surface area (Å²) in [5.41, 5.74) is 0.0262. The normalized spacial score (nSPS) is 32.2. The first-order valence-corrected chi connectivity index (χ1v) is 15.5. The molecule has 0 spiro atoms. The summed E-state index contributed by atoms with van der Waals surface area (Å²) < 4.78 is 1.29. The number of piperazine rings is 1. The van der Waals surface area contributed by atoms with E-state index >= 15 is 0 Å². The lowest BCUT2D eigenvalue weighted by atomic mass is 9.78. The van der Waals surface area contributed by atoms with E-state index in [1.807, 2.05) is 11.8 Å². The molecule has 0 bridgehead atoms. The minimum absolute atomic E-state index is 0.0114. The fourth-order valence-electron chi connectivity index (χ4n) is 7.13. The van der Waals surface area contributed by atoms with Crippen LogP contribution in [0, 0.1) is 11.8 Å². The monoisotopic (exact) mass is 602 g/mol. The molecule has 6 rings (SSSR count). The number of tetrazole rings is 1. The van der Waals surface area contributed by atoms with E-state index in [4.69, 9.17) is 0 Å². The largest absolute Gasteiger partial charge is 0.477 e. The maximum Gasteiger partial charge on any atom is 0.353 e. The van der Waals surface area contributed by atoms with Crippen LogP contribution in [0.1, 0.15) is 26.7 Å². The number of hydrogen-bond acceptors (Lipinski definition) is 11. The fourth-order valence-corrected chi connectivity index (χ4v) is 8.60. The van der Waals surface area contributed by atoms with E-state index in [2.05, 4.69) is 36.4 Å². The van der Waals surface area contributed by atoms with Crippen LogP contribution in [0.25, 0.3) is 0 Å². The van der Waals surface area contributed by atoms with Gasteiger partial charge in [0.1, 0.15) is 18.6 Å². The Hall–Kier alpha value is -3.08. The molecule has 0 aliphatic carbocycles. The van der Waals surface area contributed by atoms with Gasteiger partial charge in [0.05, 0.1) is 18.0 Å². The number of hydrogen-bond donors (Lipinski definition) is 4. The van der Waals surface area contributed by atoms with Crippen LogP contribution < -0.4 is 16.0 Å². The number of carbonyl (C=O) groups is 4. The Morgan fingerprint density at radius 3 is 2.67 bits per heavy atom. The van der Waals surface area contributed by atoms with Gasteiger partial charge in [0.25, 0.3) is 0 Å². The average Bonchev–Trinajstić information content (AvgIpc) is 3.78. The van der Waals surface area contributed by atoms with Crippen molar-refractivity contribution in [3.8, 4) is 0 Å². The summed E-state index contributed by atoms with van der Waals surface area (Å²) in [7, 11) is 0. The molecule has 1 aromatic heterocycles. The second-order valence-electron chi connectivity index (χ2n) is 11.8. The van der Waals surface area contributed by atoms with Gasteiger partial charge < -0.3 is 30.9 Å². The van der Waals surface area contributed by atoms with Crippen molar-refractivity contribution in [2.75, 3.05) is 45.8 Å². The number of carboxylic acid groups (broad SMARTS) is 1. The number of β-lactam (4-membered cyclic amide) rings is 1. The van der Waals surface area contributed by atoms with Crippen LogP contribution in [0.5, 0.6) is 0 Å². The molecule has 15 nitrogen and oxygen atoms in total. The first-order chi connectivity index (χ1) is 20.2. The number of carbonyl (C=O) groups excluding carboxylic acids is 3. The van der Waals surface area contributed by atoms with Gasteiger partial charge in [-0.3, -0.25) is 19.3 Å². The number of aromatic nitrogens is 4. The zero-order valence-electron chi connectivity index (χ0n) is 23.8. The lowest BCUT2D eigenvalue weighted by molar-refractivity contribution is -0.158. The Kier molecular flexibility index (Phi) is 8.22. The van der Waals surface area contributed by atoms with Gasteiger partial charge in [-0.15, -0.1) is 16.9 Å². The van der Waals surface area contributed by atoms with Crippen molar-refractivity contribution in [2.45, 2.75) is 62.7 Å². The molecule has 0 aromatic carbocycles. The third kappa shape index (κ3) is 5.40. The molecule has 1 aromatic rings. The smallest absolute Gasteiger partial charge is 0.353 e. The molecule has 5 aliphatic heterocycles. The number of amides is 3. The highest BCUT2D eigenvalue weighted by atomic mass is 32.2. The second kappa shape index (κ2) is 11.9. The van der Waals surface area contributed by atoms with Gasteiger partial charge >= 0.3 is 5.97 Å². The first-order valence-electron chi connectivity index (χ1n) is 14.7. The molecule has 0 radical (unpaired) electrons. The van der Waals surface area contributed by atoms with Crippen LogP contribution >= 0.6 is 11.8 Å². The number of thioether (sulfide) groups is 1. The Morgan fingerprint density at radius 2 is 2.00 bits per heavy atom. The molecule has 228 valence electrons. The molecule has 4 N–H and O–H groups in total. The van der Waals surface area contributed by atoms with Crippen LogP contribution in [0.15, 0.2) is 16.9 Å². The topological polar surface area (TPSA) is 178 Å². The Bertz CT molecular complexity index is 1250. The molecule has 4 fully saturated rings. The lowest BCUT2D eigenvalue weighted by Gasteiger charge is -2.47. The lowest BCUT2D eigenvalue weighted by Crippen LogP contribution is -2.66. The van der Waals surface area contributed by atoms with Crippen LogP contribution in [-0.4, -0.2) is 139 Å². The van der Waals surface area contributed by atoms with Crippen molar-refractivity contribution >= 4 is 35.5 Å². The molecule has 1 unspecified atom stereocenters. The number of carboxylic acids is 1. The van der Waals surface area contributed by atoms with E-state index < -0.39 is 17.9 Å². The van der Waals surface area contributed by atoms with Gasteiger partial charge in [-0.05, 0) is 36.7 Å². The molecule has 3 amide bonds. The summed E-state index contributed by atoms with van der Waals surface area (Å²) in [4.78, 5) is 57.9. The van der Waals surface area contributed by atoms with Crippen molar-refractivity contribution in [1.82, 2.24) is 50.9 Å². The van der Waals surface area contributed by atoms with Crippen molar-refractivity contribution < 1.29 is 24.3 Å². The Labute approximate surface area is 247 Å². The number of rotatable bonds is 9. The molecule has 4 saturated heterocycles. The number of fused-ring (bicyclic) bond motifs is 1. The predicted octanol–water partition coefficient (Wildman–Crippen LogP) is -2.08. The highest BCUT2D eigenvalue weighted by molar-refractivity contribution is 8.03. The quantitative estimate of drug-likeness (QED) is 0.227. The molecular formula is C26H38N10O5S. The SMILES string of the molecule is C[C@@H](NC(=O)Cn1cnnn1)[C@H]1C(=O)N2C(C(=O)O)=C(S[C@@H]3CN[C@H](C(=O)N4CCN(C5CCNC5)CC4)C3)[C@H](C)[C@H]12. The highest BCUT2D eigenvalue weighted by Crippen LogP contribution is 2.51. The zero-order valence-corrected chi connectivity index (χ0v) is 24.6. The molecule has 42 heavy (non-hydrogen) atoms. The maximum atomic E-state index is 13.3. The summed E-state index contributed by atoms with van der Waals surface area (Å²) in [5.74, 6) is -2.42. The van der Waals surface area contributed by atoms with E-state index in [0.29, 0.717) is 23.9 Å². The van der Waals surface area contributed by atoms with Crippen molar-refractivity contribution in [1.29, 1.82) is 0 Å². The van der Waals surface area contributed by atoms with E-state index in [-0.39, 0.29) is 53.2 Å². The minimum atomic E-state index is -1.14. The fraction of sp³-hybridized carbons (Fsp3) is 0.731. The van der Waals surface area contributed by atoms with Gasteiger partial charge in [0, 0.05) is 67.4 Å². The van der Waals surface area contributed by atoms with Gasteiger partial charge in [-0.25, -0.2) is 9.48 Å². The second-order valence-corrected chi connectivity index (χ2v) is 13.2. The summed E-state index contributed by atoms with van der Waals surface area (Å²) >= 11 is 1.47. The van der Waals surface area contributed by atoms with Crippen molar-refractivity contribution in [2.24, 2.45) is 11.8 Å². The molecule has 5 aliphatic rings. The number of aliphatic carboxylic acids is 1. The Balaban J connectivity index is 1.05. The Morgan fingerprint density at radius 1 is 1.21 bits per heavy atom.